The van der Waals surface area contributed by atoms with Crippen molar-refractivity contribution < 1.29 is 33.3 Å². The lowest BCUT2D eigenvalue weighted by Gasteiger charge is -2.38. The van der Waals surface area contributed by atoms with Crippen LogP contribution in [0.1, 0.15) is 58.9 Å². The predicted octanol–water partition coefficient (Wildman–Crippen LogP) is 6.30. The number of morpholine rings is 1. The average molecular weight is 685 g/mol. The highest BCUT2D eigenvalue weighted by molar-refractivity contribution is 6.40. The fourth-order valence-corrected chi connectivity index (χ4v) is 7.88. The van der Waals surface area contributed by atoms with Crippen LogP contribution < -0.4 is 14.5 Å². The Hall–Kier alpha value is -3.57. The summed E-state index contributed by atoms with van der Waals surface area (Å²) < 4.78 is 32.8. The van der Waals surface area contributed by atoms with E-state index in [-0.39, 0.29) is 58.0 Å². The molecule has 4 aliphatic heterocycles. The minimum absolute atomic E-state index is 0.0832. The van der Waals surface area contributed by atoms with Crippen molar-refractivity contribution in [2.45, 2.75) is 56.8 Å². The van der Waals surface area contributed by atoms with E-state index in [2.05, 4.69) is 9.80 Å². The number of hydrogen-bond donors (Lipinski definition) is 1. The molecule has 248 valence electrons. The first-order chi connectivity index (χ1) is 22.5. The monoisotopic (exact) mass is 683 g/mol. The molecule has 0 aliphatic carbocycles. The molecular formula is C35H36Cl2FN3O6. The van der Waals surface area contributed by atoms with Gasteiger partial charge in [-0.25, -0.2) is 9.18 Å². The van der Waals surface area contributed by atoms with Crippen molar-refractivity contribution in [2.75, 3.05) is 49.9 Å². The Balaban J connectivity index is 1.17. The zero-order valence-electron chi connectivity index (χ0n) is 26.2. The number of amides is 1. The minimum atomic E-state index is -0.701. The third kappa shape index (κ3) is 5.90. The van der Waals surface area contributed by atoms with Gasteiger partial charge in [0.05, 0.1) is 71.4 Å². The number of aliphatic hydroxyl groups is 1. The molecule has 3 fully saturated rings. The maximum Gasteiger partial charge on any atom is 0.340 e. The molecule has 0 aromatic heterocycles. The second-order valence-corrected chi connectivity index (χ2v) is 13.8. The molecule has 1 N–H and O–H groups in total. The number of hydrogen-bond acceptors (Lipinski definition) is 8. The molecule has 47 heavy (non-hydrogen) atoms. The number of ether oxygens (including phenoxy) is 3. The van der Waals surface area contributed by atoms with Crippen LogP contribution in [-0.4, -0.2) is 79.7 Å². The molecule has 2 unspecified atom stereocenters. The van der Waals surface area contributed by atoms with Crippen LogP contribution in [-0.2, 0) is 16.0 Å². The number of carbonyl (C=O) groups is 2. The Bertz CT molecular complexity index is 1700. The van der Waals surface area contributed by atoms with Gasteiger partial charge in [0.25, 0.3) is 5.91 Å². The maximum atomic E-state index is 15.9. The lowest BCUT2D eigenvalue weighted by molar-refractivity contribution is 0.0351. The first kappa shape index (κ1) is 32.0. The number of benzene rings is 3. The van der Waals surface area contributed by atoms with E-state index in [1.165, 1.54) is 18.1 Å². The number of para-hydroxylation sites is 1. The molecule has 0 radical (unpaired) electrons. The molecule has 0 saturated carbocycles. The van der Waals surface area contributed by atoms with Gasteiger partial charge in [-0.15, -0.1) is 0 Å². The van der Waals surface area contributed by atoms with Gasteiger partial charge in [-0.05, 0) is 56.9 Å². The number of esters is 1. The third-order valence-corrected chi connectivity index (χ3v) is 10.5. The second kappa shape index (κ2) is 12.5. The molecule has 12 heteroatoms. The largest absolute Gasteiger partial charge is 0.472 e. The fourth-order valence-electron chi connectivity index (χ4n) is 7.24. The van der Waals surface area contributed by atoms with Crippen LogP contribution in [0.2, 0.25) is 10.0 Å². The number of carbonyl (C=O) groups excluding carboxylic acids is 2. The van der Waals surface area contributed by atoms with E-state index in [1.54, 1.807) is 30.3 Å². The lowest BCUT2D eigenvalue weighted by Crippen LogP contribution is -2.46. The number of piperidine rings is 1. The van der Waals surface area contributed by atoms with Crippen molar-refractivity contribution in [2.24, 2.45) is 0 Å². The molecule has 2 bridgehead atoms. The topological polar surface area (TPSA) is 91.8 Å². The summed E-state index contributed by atoms with van der Waals surface area (Å²) in [6, 6.07) is 12.0. The van der Waals surface area contributed by atoms with E-state index >= 15 is 4.39 Å². The molecule has 0 spiro atoms. The zero-order valence-corrected chi connectivity index (χ0v) is 27.7. The van der Waals surface area contributed by atoms with E-state index in [0.29, 0.717) is 61.7 Å². The predicted molar refractivity (Wildman–Crippen MR) is 177 cm³/mol. The summed E-state index contributed by atoms with van der Waals surface area (Å²) in [5.74, 6) is -1.11. The number of methoxy groups -OCH3 is 1. The smallest absolute Gasteiger partial charge is 0.340 e. The minimum Gasteiger partial charge on any atom is -0.472 e. The van der Waals surface area contributed by atoms with E-state index in [1.807, 2.05) is 13.0 Å². The Labute approximate surface area is 282 Å². The summed E-state index contributed by atoms with van der Waals surface area (Å²) in [5, 5.41) is 10.8. The molecule has 3 aromatic carbocycles. The summed E-state index contributed by atoms with van der Waals surface area (Å²) in [5.41, 5.74) is 2.55. The molecule has 4 aliphatic rings. The van der Waals surface area contributed by atoms with Gasteiger partial charge in [-0.2, -0.15) is 0 Å². The standard InChI is InChI=1S/C35H36Cl2FN3O6/c1-35(44)8-10-39(11-9-35)23-12-27(36)31(28(37)13-23)33(42)40-16-20-4-3-5-24(32(20)47-19-40)25-15-30(26(14-29(25)38)34(43)45-2)41-21-6-7-22(41)18-46-17-21/h3-5,12-15,21-22,44H,6-11,16-19H2,1-2H3. The van der Waals surface area contributed by atoms with Crippen LogP contribution >= 0.6 is 23.2 Å². The van der Waals surface area contributed by atoms with Crippen molar-refractivity contribution >= 4 is 46.5 Å². The average Bonchev–Trinajstić information content (AvgIpc) is 3.30. The van der Waals surface area contributed by atoms with E-state index in [4.69, 9.17) is 37.4 Å². The summed E-state index contributed by atoms with van der Waals surface area (Å²) >= 11 is 13.3. The van der Waals surface area contributed by atoms with Crippen LogP contribution in [0.4, 0.5) is 15.8 Å². The first-order valence-corrected chi connectivity index (χ1v) is 16.6. The molecule has 7 rings (SSSR count). The molecule has 3 aromatic rings. The third-order valence-electron chi connectivity index (χ3n) is 9.86. The summed E-state index contributed by atoms with van der Waals surface area (Å²) in [7, 11) is 1.29. The summed E-state index contributed by atoms with van der Waals surface area (Å²) in [6.45, 7) is 4.30. The van der Waals surface area contributed by atoms with Crippen molar-refractivity contribution in [3.8, 4) is 16.9 Å². The molecule has 2 atom stereocenters. The summed E-state index contributed by atoms with van der Waals surface area (Å²) in [4.78, 5) is 32.3. The lowest BCUT2D eigenvalue weighted by atomic mass is 9.93. The Morgan fingerprint density at radius 3 is 2.36 bits per heavy atom. The van der Waals surface area contributed by atoms with Crippen molar-refractivity contribution in [1.82, 2.24) is 4.90 Å². The number of nitrogens with zero attached hydrogens (tertiary/aromatic N) is 3. The van der Waals surface area contributed by atoms with Gasteiger partial charge in [-0.1, -0.05) is 41.4 Å². The van der Waals surface area contributed by atoms with E-state index < -0.39 is 17.4 Å². The van der Waals surface area contributed by atoms with Gasteiger partial charge in [0.2, 0.25) is 0 Å². The second-order valence-electron chi connectivity index (χ2n) is 13.0. The first-order valence-electron chi connectivity index (χ1n) is 15.8. The molecule has 3 saturated heterocycles. The highest BCUT2D eigenvalue weighted by Crippen LogP contribution is 2.43. The Morgan fingerprint density at radius 2 is 1.70 bits per heavy atom. The molecule has 9 nitrogen and oxygen atoms in total. The molecule has 4 heterocycles. The van der Waals surface area contributed by atoms with Gasteiger partial charge in [-0.3, -0.25) is 4.79 Å². The number of rotatable bonds is 5. The SMILES string of the molecule is COC(=O)c1cc(F)c(-c2cccc3c2OCN(C(=O)c2c(Cl)cc(N4CCC(C)(O)CC4)cc2Cl)C3)cc1N1C2CCC1COC2. The van der Waals surface area contributed by atoms with Crippen molar-refractivity contribution in [3.63, 3.8) is 0 Å². The van der Waals surface area contributed by atoms with Crippen molar-refractivity contribution in [1.29, 1.82) is 0 Å². The number of anilines is 2. The normalized spacial score (nSPS) is 21.7. The Kier molecular flexibility index (Phi) is 8.49. The van der Waals surface area contributed by atoms with Crippen LogP contribution in [0.25, 0.3) is 11.1 Å². The van der Waals surface area contributed by atoms with Gasteiger partial charge in [0.1, 0.15) is 11.6 Å². The van der Waals surface area contributed by atoms with Crippen molar-refractivity contribution in [3.05, 3.63) is 75.0 Å². The van der Waals surface area contributed by atoms with Gasteiger partial charge in [0, 0.05) is 35.5 Å². The number of halogens is 3. The molecular weight excluding hydrogens is 648 g/mol. The van der Waals surface area contributed by atoms with Gasteiger partial charge >= 0.3 is 5.97 Å². The quantitative estimate of drug-likeness (QED) is 0.314. The maximum absolute atomic E-state index is 15.9. The van der Waals surface area contributed by atoms with Crippen LogP contribution in [0.5, 0.6) is 5.75 Å². The van der Waals surface area contributed by atoms with Gasteiger partial charge in [0.15, 0.2) is 6.73 Å². The van der Waals surface area contributed by atoms with E-state index in [9.17, 15) is 14.7 Å². The number of fused-ring (bicyclic) bond motifs is 3. The summed E-state index contributed by atoms with van der Waals surface area (Å²) in [6.07, 6.45) is 3.07. The van der Waals surface area contributed by atoms with E-state index in [0.717, 1.165) is 18.5 Å². The molecule has 1 amide bonds. The highest BCUT2D eigenvalue weighted by Gasteiger charge is 2.40. The van der Waals surface area contributed by atoms with Gasteiger partial charge < -0.3 is 34.0 Å². The highest BCUT2D eigenvalue weighted by atomic mass is 35.5. The van der Waals surface area contributed by atoms with Crippen LogP contribution in [0.3, 0.4) is 0 Å². The zero-order chi connectivity index (χ0) is 33.0. The fraction of sp³-hybridized carbons (Fsp3) is 0.429. The van der Waals surface area contributed by atoms with Crippen LogP contribution in [0.15, 0.2) is 42.5 Å². The van der Waals surface area contributed by atoms with Crippen LogP contribution in [0, 0.1) is 5.82 Å². The Morgan fingerprint density at radius 1 is 1.02 bits per heavy atom.